The molecule has 1 atom stereocenters. The predicted octanol–water partition coefficient (Wildman–Crippen LogP) is 3.84. The van der Waals surface area contributed by atoms with Crippen molar-refractivity contribution in [3.05, 3.63) is 39.9 Å². The fourth-order valence-corrected chi connectivity index (χ4v) is 1.63. The normalized spacial score (nSPS) is 11.5. The van der Waals surface area contributed by atoms with Gasteiger partial charge in [0.05, 0.1) is 10.0 Å². The van der Waals surface area contributed by atoms with Crippen molar-refractivity contribution in [2.24, 2.45) is 0 Å². The molecule has 92 valence electrons. The lowest BCUT2D eigenvalue weighted by Gasteiger charge is -2.16. The van der Waals surface area contributed by atoms with E-state index in [1.807, 2.05) is 13.8 Å². The number of ether oxygens (including phenoxy) is 2. The van der Waals surface area contributed by atoms with E-state index in [9.17, 15) is 4.79 Å². The van der Waals surface area contributed by atoms with E-state index < -0.39 is 6.29 Å². The molecule has 0 aliphatic carbocycles. The van der Waals surface area contributed by atoms with E-state index in [4.69, 9.17) is 32.7 Å². The number of benzene rings is 1. The molecule has 3 nitrogen and oxygen atoms in total. The number of carbonyl (C=O) groups is 1. The van der Waals surface area contributed by atoms with Crippen LogP contribution in [0.2, 0.25) is 10.0 Å². The second kappa shape index (κ2) is 6.52. The third-order valence-electron chi connectivity index (χ3n) is 1.81. The van der Waals surface area contributed by atoms with Crippen LogP contribution in [0.1, 0.15) is 13.8 Å². The second-order valence-electron chi connectivity index (χ2n) is 3.51. The molecule has 0 aliphatic heterocycles. The molecule has 1 aromatic carbocycles. The maximum absolute atomic E-state index is 10.4. The first kappa shape index (κ1) is 13.9. The number of halogens is 2. The highest BCUT2D eigenvalue weighted by Crippen LogP contribution is 2.33. The SMILES string of the molecule is CC(C)=CC(OC=O)Oc1c(Cl)cccc1Cl. The molecule has 0 saturated carbocycles. The van der Waals surface area contributed by atoms with Crippen LogP contribution in [0.5, 0.6) is 5.75 Å². The molecular weight excluding hydrogens is 263 g/mol. The number of allylic oxidation sites excluding steroid dienone is 1. The summed E-state index contributed by atoms with van der Waals surface area (Å²) in [5, 5.41) is 0.721. The minimum Gasteiger partial charge on any atom is -0.448 e. The Morgan fingerprint density at radius 1 is 1.29 bits per heavy atom. The molecule has 0 N–H and O–H groups in total. The highest BCUT2D eigenvalue weighted by atomic mass is 35.5. The molecule has 1 rings (SSSR count). The molecule has 0 amide bonds. The monoisotopic (exact) mass is 274 g/mol. The molecule has 17 heavy (non-hydrogen) atoms. The molecule has 1 aromatic rings. The lowest BCUT2D eigenvalue weighted by molar-refractivity contribution is -0.141. The Bertz CT molecular complexity index is 406. The quantitative estimate of drug-likeness (QED) is 0.465. The Morgan fingerprint density at radius 2 is 1.88 bits per heavy atom. The highest BCUT2D eigenvalue weighted by molar-refractivity contribution is 6.37. The summed E-state index contributed by atoms with van der Waals surface area (Å²) in [6, 6.07) is 4.99. The summed E-state index contributed by atoms with van der Waals surface area (Å²) in [5.74, 6) is 0.292. The number of hydrogen-bond donors (Lipinski definition) is 0. The summed E-state index contributed by atoms with van der Waals surface area (Å²) < 4.78 is 10.2. The minimum absolute atomic E-state index is 0.292. The number of hydrogen-bond acceptors (Lipinski definition) is 3. The summed E-state index contributed by atoms with van der Waals surface area (Å²) in [5.41, 5.74) is 0.944. The minimum atomic E-state index is -0.838. The molecule has 0 spiro atoms. The summed E-state index contributed by atoms with van der Waals surface area (Å²) in [4.78, 5) is 10.4. The van der Waals surface area contributed by atoms with Gasteiger partial charge in [-0.25, -0.2) is 0 Å². The van der Waals surface area contributed by atoms with Gasteiger partial charge in [0.25, 0.3) is 12.8 Å². The van der Waals surface area contributed by atoms with Gasteiger partial charge in [-0.2, -0.15) is 0 Å². The van der Waals surface area contributed by atoms with Crippen molar-refractivity contribution in [1.29, 1.82) is 0 Å². The van der Waals surface area contributed by atoms with Gasteiger partial charge in [-0.3, -0.25) is 4.79 Å². The Hall–Kier alpha value is -1.19. The fourth-order valence-electron chi connectivity index (χ4n) is 1.14. The van der Waals surface area contributed by atoms with Crippen molar-refractivity contribution >= 4 is 29.7 Å². The Balaban J connectivity index is 2.93. The van der Waals surface area contributed by atoms with Crippen LogP contribution in [0.25, 0.3) is 0 Å². The zero-order valence-electron chi connectivity index (χ0n) is 9.44. The van der Waals surface area contributed by atoms with Crippen LogP contribution in [0, 0.1) is 0 Å². The van der Waals surface area contributed by atoms with Gasteiger partial charge in [0.2, 0.25) is 0 Å². The van der Waals surface area contributed by atoms with Gasteiger partial charge in [-0.1, -0.05) is 34.8 Å². The molecule has 0 radical (unpaired) electrons. The van der Waals surface area contributed by atoms with Crippen LogP contribution in [-0.4, -0.2) is 12.8 Å². The molecule has 1 unspecified atom stereocenters. The zero-order chi connectivity index (χ0) is 12.8. The summed E-state index contributed by atoms with van der Waals surface area (Å²) in [6.07, 6.45) is 0.809. The van der Waals surface area contributed by atoms with Crippen LogP contribution < -0.4 is 4.74 Å². The number of carbonyl (C=O) groups excluding carboxylic acids is 1. The average Bonchev–Trinajstić information content (AvgIpc) is 2.23. The van der Waals surface area contributed by atoms with Crippen LogP contribution in [0.15, 0.2) is 29.8 Å². The third kappa shape index (κ3) is 4.29. The van der Waals surface area contributed by atoms with E-state index in [0.29, 0.717) is 22.3 Å². The summed E-state index contributed by atoms with van der Waals surface area (Å²) in [6.45, 7) is 4.03. The summed E-state index contributed by atoms with van der Waals surface area (Å²) in [7, 11) is 0. The van der Waals surface area contributed by atoms with Crippen LogP contribution in [0.4, 0.5) is 0 Å². The van der Waals surface area contributed by atoms with Gasteiger partial charge in [-0.15, -0.1) is 0 Å². The fraction of sp³-hybridized carbons (Fsp3) is 0.250. The molecule has 0 fully saturated rings. The lowest BCUT2D eigenvalue weighted by Crippen LogP contribution is -2.18. The van der Waals surface area contributed by atoms with Gasteiger partial charge in [0.15, 0.2) is 5.75 Å². The molecule has 0 saturated heterocycles. The van der Waals surface area contributed by atoms with Gasteiger partial charge in [-0.05, 0) is 32.1 Å². The Kier molecular flexibility index (Phi) is 5.32. The van der Waals surface area contributed by atoms with Crippen molar-refractivity contribution in [2.45, 2.75) is 20.1 Å². The van der Waals surface area contributed by atoms with Gasteiger partial charge < -0.3 is 9.47 Å². The smallest absolute Gasteiger partial charge is 0.296 e. The first-order chi connectivity index (χ1) is 8.04. The molecule has 0 bridgehead atoms. The predicted molar refractivity (Wildman–Crippen MR) is 67.5 cm³/mol. The van der Waals surface area contributed by atoms with Gasteiger partial charge in [0.1, 0.15) is 0 Å². The molecule has 0 heterocycles. The van der Waals surface area contributed by atoms with Crippen molar-refractivity contribution in [1.82, 2.24) is 0 Å². The topological polar surface area (TPSA) is 35.5 Å². The van der Waals surface area contributed by atoms with Gasteiger partial charge >= 0.3 is 0 Å². The van der Waals surface area contributed by atoms with Crippen molar-refractivity contribution in [2.75, 3.05) is 0 Å². The van der Waals surface area contributed by atoms with Crippen molar-refractivity contribution in [3.63, 3.8) is 0 Å². The van der Waals surface area contributed by atoms with Crippen LogP contribution in [0.3, 0.4) is 0 Å². The van der Waals surface area contributed by atoms with E-state index >= 15 is 0 Å². The zero-order valence-corrected chi connectivity index (χ0v) is 11.0. The third-order valence-corrected chi connectivity index (χ3v) is 2.41. The highest BCUT2D eigenvalue weighted by Gasteiger charge is 2.13. The number of para-hydroxylation sites is 1. The Morgan fingerprint density at radius 3 is 2.35 bits per heavy atom. The van der Waals surface area contributed by atoms with E-state index in [2.05, 4.69) is 0 Å². The second-order valence-corrected chi connectivity index (χ2v) is 4.33. The Labute approximate surface area is 110 Å². The van der Waals surface area contributed by atoms with E-state index in [-0.39, 0.29) is 0 Å². The lowest BCUT2D eigenvalue weighted by atomic mass is 10.3. The van der Waals surface area contributed by atoms with Crippen LogP contribution >= 0.6 is 23.2 Å². The maximum atomic E-state index is 10.4. The van der Waals surface area contributed by atoms with Crippen molar-refractivity contribution < 1.29 is 14.3 Å². The number of rotatable bonds is 5. The van der Waals surface area contributed by atoms with Gasteiger partial charge in [0, 0.05) is 0 Å². The standard InChI is InChI=1S/C12H12Cl2O3/c1-8(2)6-11(16-7-15)17-12-9(13)4-3-5-10(12)14/h3-7,11H,1-2H3. The molecule has 0 aliphatic rings. The van der Waals surface area contributed by atoms with E-state index in [1.54, 1.807) is 24.3 Å². The molecular formula is C12H12Cl2O3. The maximum Gasteiger partial charge on any atom is 0.296 e. The summed E-state index contributed by atoms with van der Waals surface area (Å²) >= 11 is 11.9. The first-order valence-corrected chi connectivity index (χ1v) is 5.65. The largest absolute Gasteiger partial charge is 0.448 e. The van der Waals surface area contributed by atoms with E-state index in [1.165, 1.54) is 0 Å². The molecule has 5 heteroatoms. The first-order valence-electron chi connectivity index (χ1n) is 4.89. The average molecular weight is 275 g/mol. The van der Waals surface area contributed by atoms with E-state index in [0.717, 1.165) is 5.57 Å². The molecule has 0 aromatic heterocycles. The van der Waals surface area contributed by atoms with Crippen LogP contribution in [-0.2, 0) is 9.53 Å². The van der Waals surface area contributed by atoms with Crippen molar-refractivity contribution in [3.8, 4) is 5.75 Å².